The van der Waals surface area contributed by atoms with Crippen LogP contribution in [0.5, 0.6) is 0 Å². The molecule has 0 bridgehead atoms. The Labute approximate surface area is 160 Å². The topological polar surface area (TPSA) is 58.6 Å². The molecule has 5 heteroatoms. The molecule has 0 aliphatic carbocycles. The molecule has 142 valence electrons. The molecule has 0 saturated heterocycles. The van der Waals surface area contributed by atoms with E-state index in [0.717, 1.165) is 41.8 Å². The number of nitrogens with one attached hydrogen (secondary N) is 1. The maximum atomic E-state index is 13.0. The van der Waals surface area contributed by atoms with Crippen LogP contribution in [-0.2, 0) is 22.4 Å². The minimum Gasteiger partial charge on any atom is -0.447 e. The van der Waals surface area contributed by atoms with E-state index in [1.807, 2.05) is 43.3 Å². The Morgan fingerprint density at radius 2 is 1.78 bits per heavy atom. The van der Waals surface area contributed by atoms with Gasteiger partial charge in [0.05, 0.1) is 17.5 Å². The Morgan fingerprint density at radius 1 is 1.07 bits per heavy atom. The molecule has 2 amide bonds. The third-order valence-corrected chi connectivity index (χ3v) is 4.52. The first kappa shape index (κ1) is 19.0. The standard InChI is InChI=1S/C22H26N2O3/c1-4-7-21(25)24-19-9-6-5-8-16(19)10-11-17-12-13-18(14-20(17)24)23-22(26)27-15(2)3/h5-6,8-9,12-15H,4,7,10-11H2,1-3H3,(H,23,26). The van der Waals surface area contributed by atoms with Crippen LogP contribution >= 0.6 is 0 Å². The van der Waals surface area contributed by atoms with Crippen molar-refractivity contribution in [3.8, 4) is 0 Å². The first-order valence-electron chi connectivity index (χ1n) is 9.51. The van der Waals surface area contributed by atoms with Crippen LogP contribution in [0.3, 0.4) is 0 Å². The molecule has 0 spiro atoms. The number of amides is 2. The van der Waals surface area contributed by atoms with E-state index in [-0.39, 0.29) is 12.0 Å². The summed E-state index contributed by atoms with van der Waals surface area (Å²) in [7, 11) is 0. The van der Waals surface area contributed by atoms with Crippen LogP contribution in [0.1, 0.15) is 44.7 Å². The van der Waals surface area contributed by atoms with Gasteiger partial charge < -0.3 is 4.74 Å². The molecular formula is C22H26N2O3. The Kier molecular flexibility index (Phi) is 5.79. The zero-order valence-electron chi connectivity index (χ0n) is 16.1. The molecule has 1 aliphatic rings. The number of hydrogen-bond donors (Lipinski definition) is 1. The van der Waals surface area contributed by atoms with Crippen molar-refractivity contribution >= 4 is 29.1 Å². The van der Waals surface area contributed by atoms with Gasteiger partial charge in [0.25, 0.3) is 0 Å². The third kappa shape index (κ3) is 4.30. The van der Waals surface area contributed by atoms with Gasteiger partial charge in [0.1, 0.15) is 0 Å². The quantitative estimate of drug-likeness (QED) is 0.808. The van der Waals surface area contributed by atoms with Crippen molar-refractivity contribution < 1.29 is 14.3 Å². The SMILES string of the molecule is CCCC(=O)N1c2ccccc2CCc2ccc(NC(=O)OC(C)C)cc21. The summed E-state index contributed by atoms with van der Waals surface area (Å²) in [5, 5.41) is 2.76. The van der Waals surface area contributed by atoms with E-state index in [1.54, 1.807) is 18.7 Å². The summed E-state index contributed by atoms with van der Waals surface area (Å²) in [5.41, 5.74) is 4.63. The van der Waals surface area contributed by atoms with E-state index in [9.17, 15) is 9.59 Å². The number of rotatable bonds is 4. The van der Waals surface area contributed by atoms with Crippen LogP contribution in [-0.4, -0.2) is 18.1 Å². The van der Waals surface area contributed by atoms with Gasteiger partial charge in [0.15, 0.2) is 0 Å². The highest BCUT2D eigenvalue weighted by Gasteiger charge is 2.25. The van der Waals surface area contributed by atoms with Crippen molar-refractivity contribution in [2.24, 2.45) is 0 Å². The van der Waals surface area contributed by atoms with Gasteiger partial charge >= 0.3 is 6.09 Å². The van der Waals surface area contributed by atoms with Gasteiger partial charge in [-0.2, -0.15) is 0 Å². The highest BCUT2D eigenvalue weighted by molar-refractivity contribution is 6.03. The summed E-state index contributed by atoms with van der Waals surface area (Å²) < 4.78 is 5.16. The molecule has 1 N–H and O–H groups in total. The second-order valence-electron chi connectivity index (χ2n) is 7.03. The molecule has 0 atom stereocenters. The highest BCUT2D eigenvalue weighted by atomic mass is 16.6. The number of nitrogens with zero attached hydrogens (tertiary/aromatic N) is 1. The Balaban J connectivity index is 2.01. The van der Waals surface area contributed by atoms with Gasteiger partial charge in [0.2, 0.25) is 5.91 Å². The van der Waals surface area contributed by atoms with Crippen molar-refractivity contribution in [1.82, 2.24) is 0 Å². The average Bonchev–Trinajstić information content (AvgIpc) is 2.77. The van der Waals surface area contributed by atoms with E-state index in [4.69, 9.17) is 4.74 Å². The summed E-state index contributed by atoms with van der Waals surface area (Å²) in [6, 6.07) is 13.7. The number of para-hydroxylation sites is 1. The molecule has 0 aromatic heterocycles. The van der Waals surface area contributed by atoms with Crippen molar-refractivity contribution in [1.29, 1.82) is 0 Å². The lowest BCUT2D eigenvalue weighted by molar-refractivity contribution is -0.117. The molecule has 1 heterocycles. The zero-order valence-corrected chi connectivity index (χ0v) is 16.1. The van der Waals surface area contributed by atoms with E-state index in [2.05, 4.69) is 11.4 Å². The molecule has 27 heavy (non-hydrogen) atoms. The van der Waals surface area contributed by atoms with Crippen molar-refractivity contribution in [3.63, 3.8) is 0 Å². The first-order chi connectivity index (χ1) is 13.0. The van der Waals surface area contributed by atoms with Crippen molar-refractivity contribution in [2.45, 2.75) is 52.6 Å². The van der Waals surface area contributed by atoms with Crippen molar-refractivity contribution in [3.05, 3.63) is 53.6 Å². The normalized spacial score (nSPS) is 12.8. The molecular weight excluding hydrogens is 340 g/mol. The number of fused-ring (bicyclic) bond motifs is 2. The fraction of sp³-hybridized carbons (Fsp3) is 0.364. The van der Waals surface area contributed by atoms with E-state index in [1.165, 1.54) is 0 Å². The predicted molar refractivity (Wildman–Crippen MR) is 108 cm³/mol. The second-order valence-corrected chi connectivity index (χ2v) is 7.03. The second kappa shape index (κ2) is 8.25. The molecule has 0 unspecified atom stereocenters. The lowest BCUT2D eigenvalue weighted by Crippen LogP contribution is -2.26. The molecule has 0 saturated carbocycles. The van der Waals surface area contributed by atoms with Gasteiger partial charge in [-0.1, -0.05) is 31.2 Å². The predicted octanol–water partition coefficient (Wildman–Crippen LogP) is 5.21. The van der Waals surface area contributed by atoms with Gasteiger partial charge in [-0.3, -0.25) is 15.0 Å². The molecule has 0 radical (unpaired) electrons. The van der Waals surface area contributed by atoms with Crippen LogP contribution in [0.15, 0.2) is 42.5 Å². The Bertz CT molecular complexity index is 845. The summed E-state index contributed by atoms with van der Waals surface area (Å²) in [6.07, 6.45) is 2.29. The smallest absolute Gasteiger partial charge is 0.411 e. The molecule has 0 fully saturated rings. The summed E-state index contributed by atoms with van der Waals surface area (Å²) in [4.78, 5) is 26.7. The largest absolute Gasteiger partial charge is 0.447 e. The van der Waals surface area contributed by atoms with Crippen LogP contribution in [0.4, 0.5) is 21.9 Å². The number of carbonyl (C=O) groups excluding carboxylic acids is 2. The summed E-state index contributed by atoms with van der Waals surface area (Å²) in [6.45, 7) is 5.61. The van der Waals surface area contributed by atoms with Gasteiger partial charge in [-0.25, -0.2) is 4.79 Å². The van der Waals surface area contributed by atoms with Crippen LogP contribution in [0.2, 0.25) is 0 Å². The van der Waals surface area contributed by atoms with Gasteiger partial charge in [-0.05, 0) is 62.4 Å². The number of anilines is 3. The maximum absolute atomic E-state index is 13.0. The third-order valence-electron chi connectivity index (χ3n) is 4.52. The molecule has 2 aromatic rings. The van der Waals surface area contributed by atoms with Crippen LogP contribution in [0.25, 0.3) is 0 Å². The molecule has 5 nitrogen and oxygen atoms in total. The maximum Gasteiger partial charge on any atom is 0.411 e. The number of ether oxygens (including phenoxy) is 1. The van der Waals surface area contributed by atoms with Crippen molar-refractivity contribution in [2.75, 3.05) is 10.2 Å². The first-order valence-corrected chi connectivity index (χ1v) is 9.51. The Morgan fingerprint density at radius 3 is 2.48 bits per heavy atom. The van der Waals surface area contributed by atoms with Gasteiger partial charge in [0, 0.05) is 12.1 Å². The monoisotopic (exact) mass is 366 g/mol. The Hall–Kier alpha value is -2.82. The summed E-state index contributed by atoms with van der Waals surface area (Å²) >= 11 is 0. The lowest BCUT2D eigenvalue weighted by Gasteiger charge is -2.25. The zero-order chi connectivity index (χ0) is 19.4. The molecule has 2 aromatic carbocycles. The molecule has 3 rings (SSSR count). The van der Waals surface area contributed by atoms with E-state index < -0.39 is 6.09 Å². The van der Waals surface area contributed by atoms with E-state index >= 15 is 0 Å². The number of aryl methyl sites for hydroxylation is 2. The fourth-order valence-electron chi connectivity index (χ4n) is 3.36. The number of hydrogen-bond acceptors (Lipinski definition) is 3. The minimum atomic E-state index is -0.495. The molecule has 1 aliphatic heterocycles. The van der Waals surface area contributed by atoms with Crippen LogP contribution in [0, 0.1) is 0 Å². The number of benzene rings is 2. The minimum absolute atomic E-state index is 0.0648. The van der Waals surface area contributed by atoms with E-state index in [0.29, 0.717) is 12.1 Å². The van der Waals surface area contributed by atoms with Gasteiger partial charge in [-0.15, -0.1) is 0 Å². The highest BCUT2D eigenvalue weighted by Crippen LogP contribution is 2.38. The van der Waals surface area contributed by atoms with Crippen LogP contribution < -0.4 is 10.2 Å². The summed E-state index contributed by atoms with van der Waals surface area (Å²) in [5.74, 6) is 0.0648. The fourth-order valence-corrected chi connectivity index (χ4v) is 3.36. The number of carbonyl (C=O) groups is 2. The lowest BCUT2D eigenvalue weighted by atomic mass is 10.0. The average molecular weight is 366 g/mol.